The van der Waals surface area contributed by atoms with Gasteiger partial charge in [0.05, 0.1) is 14.7 Å². The third kappa shape index (κ3) is 7.41. The van der Waals surface area contributed by atoms with Crippen molar-refractivity contribution in [1.82, 2.24) is 0 Å². The molecule has 15 heteroatoms. The van der Waals surface area contributed by atoms with Crippen molar-refractivity contribution >= 4 is 54.2 Å². The Bertz CT molecular complexity index is 1250. The Hall–Kier alpha value is -1.15. The Labute approximate surface area is 214 Å². The molecule has 0 amide bonds. The summed E-state index contributed by atoms with van der Waals surface area (Å²) in [5, 5.41) is 1.84. The summed E-state index contributed by atoms with van der Waals surface area (Å²) in [5.41, 5.74) is 0. The molecule has 0 atom stereocenters. The van der Waals surface area contributed by atoms with E-state index in [4.69, 9.17) is 0 Å². The van der Waals surface area contributed by atoms with E-state index in [1.807, 2.05) is 0 Å². The van der Waals surface area contributed by atoms with Crippen molar-refractivity contribution in [1.29, 1.82) is 0 Å². The fourth-order valence-electron chi connectivity index (χ4n) is 2.75. The molecule has 0 saturated heterocycles. The average molecular weight is 735 g/mol. The van der Waals surface area contributed by atoms with E-state index in [1.165, 1.54) is 72.8 Å². The Kier molecular flexibility index (Phi) is 10.0. The van der Waals surface area contributed by atoms with Crippen molar-refractivity contribution in [3.05, 3.63) is 72.8 Å². The standard InChI is InChI=1S/C18H15O9PS3.Au.ClH/c19-29(20,21)16-7-1-13(2-8-16)28(14-3-9-17(10-4-14)30(22,23)24)15-5-11-18(12-6-15)31(25,26)27;;/h1-12H,(H,19,20,21)(H,22,23,24)(H,25,26,27);;1H/q;+1;/p-1. The first-order valence-electron chi connectivity index (χ1n) is 8.30. The van der Waals surface area contributed by atoms with Gasteiger partial charge in [-0.1, -0.05) is 36.4 Å². The summed E-state index contributed by atoms with van der Waals surface area (Å²) in [6.45, 7) is 0. The van der Waals surface area contributed by atoms with Crippen LogP contribution in [0.4, 0.5) is 0 Å². The predicted octanol–water partition coefficient (Wildman–Crippen LogP) is -1.81. The van der Waals surface area contributed by atoms with Crippen molar-refractivity contribution in [3.8, 4) is 0 Å². The Morgan fingerprint density at radius 3 is 0.788 bits per heavy atom. The number of rotatable bonds is 6. The van der Waals surface area contributed by atoms with Crippen LogP contribution in [0, 0.1) is 0 Å². The molecular weight excluding hydrogens is 720 g/mol. The molecule has 182 valence electrons. The van der Waals surface area contributed by atoms with Crippen LogP contribution in [-0.2, 0) is 52.7 Å². The third-order valence-electron chi connectivity index (χ3n) is 4.18. The van der Waals surface area contributed by atoms with Gasteiger partial charge in [-0.15, -0.1) is 0 Å². The van der Waals surface area contributed by atoms with Crippen molar-refractivity contribution in [2.45, 2.75) is 14.7 Å². The molecule has 0 radical (unpaired) electrons. The monoisotopic (exact) mass is 734 g/mol. The summed E-state index contributed by atoms with van der Waals surface area (Å²) in [5.74, 6) is 0. The Morgan fingerprint density at radius 2 is 0.636 bits per heavy atom. The van der Waals surface area contributed by atoms with Gasteiger partial charge in [-0.25, -0.2) is 0 Å². The van der Waals surface area contributed by atoms with Crippen molar-refractivity contribution in [2.75, 3.05) is 0 Å². The SMILES string of the molecule is O=S(=O)(O)c1ccc(P(c2ccc(S(=O)(=O)O)cc2)c2ccc(S(=O)(=O)O)cc2)cc1.[Au+].[Cl-]. The maximum atomic E-state index is 11.3. The minimum Gasteiger partial charge on any atom is -1.00 e. The number of hydrogen-bond donors (Lipinski definition) is 3. The van der Waals surface area contributed by atoms with Crippen LogP contribution in [0.1, 0.15) is 0 Å². The molecule has 0 unspecified atom stereocenters. The first kappa shape index (κ1) is 29.9. The molecular formula is C18H15AuClO9PS3. The fourth-order valence-corrected chi connectivity index (χ4v) is 6.42. The van der Waals surface area contributed by atoms with E-state index in [2.05, 4.69) is 0 Å². The van der Waals surface area contributed by atoms with Gasteiger partial charge in [0.2, 0.25) is 0 Å². The van der Waals surface area contributed by atoms with Gasteiger partial charge in [-0.05, 0) is 60.2 Å². The average Bonchev–Trinajstić information content (AvgIpc) is 2.67. The van der Waals surface area contributed by atoms with Crippen LogP contribution in [0.5, 0.6) is 0 Å². The van der Waals surface area contributed by atoms with Crippen molar-refractivity contribution < 1.29 is 73.7 Å². The van der Waals surface area contributed by atoms with Crippen LogP contribution < -0.4 is 28.3 Å². The van der Waals surface area contributed by atoms with E-state index in [-0.39, 0.29) is 49.5 Å². The third-order valence-corrected chi connectivity index (χ3v) is 9.23. The zero-order chi connectivity index (χ0) is 23.0. The molecule has 0 bridgehead atoms. The van der Waals surface area contributed by atoms with Crippen LogP contribution in [0.2, 0.25) is 0 Å². The molecule has 3 N–H and O–H groups in total. The zero-order valence-corrected chi connectivity index (χ0v) is 22.3. The largest absolute Gasteiger partial charge is 1.00 e. The van der Waals surface area contributed by atoms with Gasteiger partial charge >= 0.3 is 22.4 Å². The summed E-state index contributed by atoms with van der Waals surface area (Å²) >= 11 is 0. The zero-order valence-electron chi connectivity index (χ0n) is 16.1. The quantitative estimate of drug-likeness (QED) is 0.151. The molecule has 9 nitrogen and oxygen atoms in total. The number of halogens is 1. The molecule has 0 aromatic heterocycles. The summed E-state index contributed by atoms with van der Waals surface area (Å²) in [6, 6.07) is 16.1. The van der Waals surface area contributed by atoms with E-state index in [1.54, 1.807) is 0 Å². The smallest absolute Gasteiger partial charge is 1.00 e. The van der Waals surface area contributed by atoms with E-state index < -0.39 is 38.3 Å². The van der Waals surface area contributed by atoms with Crippen molar-refractivity contribution in [3.63, 3.8) is 0 Å². The van der Waals surface area contributed by atoms with E-state index in [0.29, 0.717) is 15.9 Å². The molecule has 0 fully saturated rings. The van der Waals surface area contributed by atoms with Gasteiger partial charge in [0, 0.05) is 0 Å². The van der Waals surface area contributed by atoms with Crippen LogP contribution in [0.3, 0.4) is 0 Å². The van der Waals surface area contributed by atoms with Crippen LogP contribution in [-0.4, -0.2) is 38.9 Å². The second kappa shape index (κ2) is 11.1. The molecule has 0 saturated carbocycles. The second-order valence-electron chi connectivity index (χ2n) is 6.24. The van der Waals surface area contributed by atoms with Gasteiger partial charge in [-0.2, -0.15) is 25.3 Å². The molecule has 0 aliphatic carbocycles. The predicted molar refractivity (Wildman–Crippen MR) is 115 cm³/mol. The Balaban J connectivity index is 0.00000272. The molecule has 3 aromatic rings. The topological polar surface area (TPSA) is 163 Å². The first-order valence-corrected chi connectivity index (χ1v) is 14.0. The molecule has 0 spiro atoms. The van der Waals surface area contributed by atoms with Crippen LogP contribution >= 0.6 is 7.92 Å². The van der Waals surface area contributed by atoms with Crippen molar-refractivity contribution in [2.24, 2.45) is 0 Å². The summed E-state index contributed by atoms with van der Waals surface area (Å²) < 4.78 is 95.4. The molecule has 3 rings (SSSR count). The molecule has 0 aliphatic rings. The summed E-state index contributed by atoms with van der Waals surface area (Å²) in [7, 11) is -14.6. The maximum Gasteiger partial charge on any atom is 1.00 e. The van der Waals surface area contributed by atoms with Crippen LogP contribution in [0.25, 0.3) is 0 Å². The molecule has 3 aromatic carbocycles. The molecule has 33 heavy (non-hydrogen) atoms. The first-order chi connectivity index (χ1) is 14.3. The van der Waals surface area contributed by atoms with Crippen LogP contribution in [0.15, 0.2) is 87.5 Å². The fraction of sp³-hybridized carbons (Fsp3) is 0. The maximum absolute atomic E-state index is 11.3. The normalized spacial score (nSPS) is 12.0. The van der Waals surface area contributed by atoms with E-state index in [0.717, 1.165) is 0 Å². The second-order valence-corrected chi connectivity index (χ2v) is 12.7. The summed E-state index contributed by atoms with van der Waals surface area (Å²) in [6.07, 6.45) is 0. The Morgan fingerprint density at radius 1 is 0.455 bits per heavy atom. The summed E-state index contributed by atoms with van der Waals surface area (Å²) in [4.78, 5) is -0.932. The van der Waals surface area contributed by atoms with Gasteiger partial charge in [0.15, 0.2) is 0 Å². The van der Waals surface area contributed by atoms with E-state index >= 15 is 0 Å². The van der Waals surface area contributed by atoms with Gasteiger partial charge in [0.25, 0.3) is 30.4 Å². The number of benzene rings is 3. The van der Waals surface area contributed by atoms with Gasteiger partial charge in [-0.3, -0.25) is 13.7 Å². The molecule has 0 aliphatic heterocycles. The number of hydrogen-bond acceptors (Lipinski definition) is 6. The van der Waals surface area contributed by atoms with Gasteiger partial charge < -0.3 is 12.4 Å². The minimum atomic E-state index is -4.40. The van der Waals surface area contributed by atoms with Gasteiger partial charge in [0.1, 0.15) is 0 Å². The molecule has 0 heterocycles. The van der Waals surface area contributed by atoms with E-state index in [9.17, 15) is 38.9 Å². The minimum absolute atomic E-state index is 0.